The van der Waals surface area contributed by atoms with E-state index in [1.807, 2.05) is 27.7 Å². The second kappa shape index (κ2) is 29.2. The molecule has 0 atom stereocenters. The van der Waals surface area contributed by atoms with Crippen LogP contribution < -0.4 is 0 Å². The van der Waals surface area contributed by atoms with Gasteiger partial charge in [0.15, 0.2) is 11.6 Å². The lowest BCUT2D eigenvalue weighted by molar-refractivity contribution is -0.136. The van der Waals surface area contributed by atoms with Gasteiger partial charge in [0.1, 0.15) is 0 Å². The van der Waals surface area contributed by atoms with Gasteiger partial charge in [0.25, 0.3) is 0 Å². The maximum absolute atomic E-state index is 10.4. The molecule has 0 aromatic rings. The highest BCUT2D eigenvalue weighted by atomic mass is 16.2. The summed E-state index contributed by atoms with van der Waals surface area (Å²) in [7, 11) is 0. The Morgan fingerprint density at radius 1 is 0.667 bits per heavy atom. The molecule has 0 radical (unpaired) electrons. The smallest absolute Gasteiger partial charge is 0.198 e. The third kappa shape index (κ3) is 31.8. The number of Topliss-reactive ketones (excluding diaryl/α,β-unsaturated/α-hetero) is 2. The first-order chi connectivity index (χ1) is 7.13. The molecule has 2 heteroatoms. The largest absolute Gasteiger partial charge is 0.291 e. The van der Waals surface area contributed by atoms with Crippen molar-refractivity contribution in [3.05, 3.63) is 0 Å². The summed E-state index contributed by atoms with van der Waals surface area (Å²) in [5.74, 6) is -0.514. The third-order valence-electron chi connectivity index (χ3n) is 0.953. The minimum absolute atomic E-state index is 0.257. The molecule has 0 unspecified atom stereocenters. The molecule has 0 N–H and O–H groups in total. The van der Waals surface area contributed by atoms with Gasteiger partial charge in [-0.25, -0.2) is 0 Å². The zero-order valence-electron chi connectivity index (χ0n) is 11.9. The lowest BCUT2D eigenvalue weighted by atomic mass is 10.2. The Balaban J connectivity index is -0.0000000726. The van der Waals surface area contributed by atoms with E-state index in [0.717, 1.165) is 0 Å². The first-order valence-corrected chi connectivity index (χ1v) is 6.19. The van der Waals surface area contributed by atoms with Crippen molar-refractivity contribution in [2.45, 2.75) is 74.7 Å². The van der Waals surface area contributed by atoms with Gasteiger partial charge in [0.2, 0.25) is 0 Å². The van der Waals surface area contributed by atoms with Crippen molar-refractivity contribution in [3.63, 3.8) is 0 Å². The fraction of sp³-hybridized carbons (Fsp3) is 0.846. The fourth-order valence-corrected chi connectivity index (χ4v) is 0.394. The molecular formula is C13H30O2. The van der Waals surface area contributed by atoms with E-state index >= 15 is 0 Å². The van der Waals surface area contributed by atoms with Crippen molar-refractivity contribution in [2.75, 3.05) is 0 Å². The first-order valence-electron chi connectivity index (χ1n) is 6.19. The second-order valence-corrected chi connectivity index (χ2v) is 2.26. The Morgan fingerprint density at radius 2 is 0.800 bits per heavy atom. The maximum Gasteiger partial charge on any atom is 0.198 e. The zero-order chi connectivity index (χ0) is 13.3. The van der Waals surface area contributed by atoms with Gasteiger partial charge >= 0.3 is 0 Å². The van der Waals surface area contributed by atoms with E-state index in [-0.39, 0.29) is 11.6 Å². The molecule has 0 saturated carbocycles. The number of carbonyl (C=O) groups is 2. The Bertz CT molecular complexity index is 104. The Morgan fingerprint density at radius 3 is 0.867 bits per heavy atom. The van der Waals surface area contributed by atoms with Crippen molar-refractivity contribution >= 4 is 11.6 Å². The number of ketones is 2. The summed E-state index contributed by atoms with van der Waals surface area (Å²) < 4.78 is 0. The van der Waals surface area contributed by atoms with Crippen molar-refractivity contribution in [1.29, 1.82) is 0 Å². The SMILES string of the molecule is CC.CC.CCC.CCC(=O)C(=O)CC. The molecule has 0 heterocycles. The highest BCUT2D eigenvalue weighted by Crippen LogP contribution is 1.86. The number of carbonyl (C=O) groups excluding carboxylic acids is 2. The second-order valence-electron chi connectivity index (χ2n) is 2.26. The highest BCUT2D eigenvalue weighted by molar-refractivity contribution is 6.36. The molecule has 0 saturated heterocycles. The average molecular weight is 218 g/mol. The number of hydrogen-bond donors (Lipinski definition) is 0. The van der Waals surface area contributed by atoms with Crippen LogP contribution >= 0.6 is 0 Å². The van der Waals surface area contributed by atoms with Crippen LogP contribution in [0.4, 0.5) is 0 Å². The van der Waals surface area contributed by atoms with Crippen molar-refractivity contribution < 1.29 is 9.59 Å². The van der Waals surface area contributed by atoms with E-state index in [4.69, 9.17) is 0 Å². The number of hydrogen-bond acceptors (Lipinski definition) is 2. The van der Waals surface area contributed by atoms with Gasteiger partial charge in [0, 0.05) is 12.8 Å². The van der Waals surface area contributed by atoms with Gasteiger partial charge in [-0.3, -0.25) is 9.59 Å². The summed E-state index contributed by atoms with van der Waals surface area (Å²) in [5, 5.41) is 0. The molecule has 0 fully saturated rings. The monoisotopic (exact) mass is 218 g/mol. The Labute approximate surface area is 96.5 Å². The molecule has 0 aliphatic rings. The first kappa shape index (κ1) is 23.9. The quantitative estimate of drug-likeness (QED) is 0.657. The lowest BCUT2D eigenvalue weighted by Crippen LogP contribution is -2.09. The molecule has 0 amide bonds. The topological polar surface area (TPSA) is 34.1 Å². The van der Waals surface area contributed by atoms with E-state index in [1.54, 1.807) is 13.8 Å². The van der Waals surface area contributed by atoms with Crippen LogP contribution in [0.25, 0.3) is 0 Å². The maximum atomic E-state index is 10.4. The molecule has 0 aromatic heterocycles. The Hall–Kier alpha value is -0.660. The summed E-state index contributed by atoms with van der Waals surface area (Å²) in [5.41, 5.74) is 0. The van der Waals surface area contributed by atoms with E-state index in [9.17, 15) is 9.59 Å². The van der Waals surface area contributed by atoms with Gasteiger partial charge < -0.3 is 0 Å². The summed E-state index contributed by atoms with van der Waals surface area (Å²) in [6.07, 6.45) is 1.93. The molecule has 94 valence electrons. The van der Waals surface area contributed by atoms with Crippen LogP contribution in [0.15, 0.2) is 0 Å². The predicted molar refractivity (Wildman–Crippen MR) is 69.3 cm³/mol. The van der Waals surface area contributed by atoms with Crippen LogP contribution in [-0.2, 0) is 9.59 Å². The molecule has 15 heavy (non-hydrogen) atoms. The molecular weight excluding hydrogens is 188 g/mol. The molecule has 0 aromatic carbocycles. The average Bonchev–Trinajstić information content (AvgIpc) is 2.33. The highest BCUT2D eigenvalue weighted by Gasteiger charge is 2.05. The van der Waals surface area contributed by atoms with Gasteiger partial charge in [0.05, 0.1) is 0 Å². The lowest BCUT2D eigenvalue weighted by Gasteiger charge is -1.87. The van der Waals surface area contributed by atoms with Gasteiger partial charge in [-0.15, -0.1) is 0 Å². The van der Waals surface area contributed by atoms with Crippen LogP contribution in [-0.4, -0.2) is 11.6 Å². The van der Waals surface area contributed by atoms with Crippen molar-refractivity contribution in [3.8, 4) is 0 Å². The zero-order valence-corrected chi connectivity index (χ0v) is 11.9. The molecule has 0 rings (SSSR count). The predicted octanol–water partition coefficient (Wildman–Crippen LogP) is 4.41. The normalized spacial score (nSPS) is 6.67. The Kier molecular flexibility index (Phi) is 46.5. The van der Waals surface area contributed by atoms with E-state index in [1.165, 1.54) is 6.42 Å². The van der Waals surface area contributed by atoms with E-state index < -0.39 is 0 Å². The van der Waals surface area contributed by atoms with Crippen molar-refractivity contribution in [2.24, 2.45) is 0 Å². The summed E-state index contributed by atoms with van der Waals surface area (Å²) in [6.45, 7) is 15.6. The molecule has 0 spiro atoms. The van der Waals surface area contributed by atoms with Crippen LogP contribution in [0.2, 0.25) is 0 Å². The molecule has 0 bridgehead atoms. The standard InChI is InChI=1S/C6H10O2.C3H8.2C2H6/c1-3-5(7)6(8)4-2;1-3-2;2*1-2/h3-4H2,1-2H3;3H2,1-2H3;2*1-2H3. The van der Waals surface area contributed by atoms with Gasteiger partial charge in [-0.05, 0) is 0 Å². The van der Waals surface area contributed by atoms with Crippen molar-refractivity contribution in [1.82, 2.24) is 0 Å². The van der Waals surface area contributed by atoms with E-state index in [2.05, 4.69) is 13.8 Å². The minimum atomic E-state index is -0.257. The summed E-state index contributed by atoms with van der Waals surface area (Å²) in [4.78, 5) is 20.8. The van der Waals surface area contributed by atoms with Gasteiger partial charge in [-0.2, -0.15) is 0 Å². The summed E-state index contributed by atoms with van der Waals surface area (Å²) in [6, 6.07) is 0. The minimum Gasteiger partial charge on any atom is -0.291 e. The molecule has 0 aliphatic heterocycles. The molecule has 0 aliphatic carbocycles. The third-order valence-corrected chi connectivity index (χ3v) is 0.953. The van der Waals surface area contributed by atoms with Crippen LogP contribution in [0, 0.1) is 0 Å². The molecule has 2 nitrogen and oxygen atoms in total. The summed E-state index contributed by atoms with van der Waals surface area (Å²) >= 11 is 0. The number of rotatable bonds is 3. The van der Waals surface area contributed by atoms with Crippen LogP contribution in [0.5, 0.6) is 0 Å². The van der Waals surface area contributed by atoms with E-state index in [0.29, 0.717) is 12.8 Å². The van der Waals surface area contributed by atoms with Gasteiger partial charge in [-0.1, -0.05) is 61.8 Å². The van der Waals surface area contributed by atoms with Crippen LogP contribution in [0.3, 0.4) is 0 Å². The fourth-order valence-electron chi connectivity index (χ4n) is 0.394. The van der Waals surface area contributed by atoms with Crippen LogP contribution in [0.1, 0.15) is 74.7 Å².